The van der Waals surface area contributed by atoms with Gasteiger partial charge in [0, 0.05) is 12.3 Å². The molecule has 0 radical (unpaired) electrons. The second-order valence-corrected chi connectivity index (χ2v) is 7.14. The molecule has 6 nitrogen and oxygen atoms in total. The number of nitrogens with zero attached hydrogens (tertiary/aromatic N) is 2. The van der Waals surface area contributed by atoms with Gasteiger partial charge in [0.1, 0.15) is 17.9 Å². The van der Waals surface area contributed by atoms with Gasteiger partial charge in [0.25, 0.3) is 0 Å². The highest BCUT2D eigenvalue weighted by molar-refractivity contribution is 7.14. The molecule has 0 saturated heterocycles. The third kappa shape index (κ3) is 5.21. The number of thiazole rings is 1. The lowest BCUT2D eigenvalue weighted by Gasteiger charge is -2.19. The summed E-state index contributed by atoms with van der Waals surface area (Å²) in [5.41, 5.74) is -0.246. The van der Waals surface area contributed by atoms with Crippen LogP contribution in [0.2, 0.25) is 0 Å². The van der Waals surface area contributed by atoms with Gasteiger partial charge in [-0.25, -0.2) is 9.78 Å². The lowest BCUT2D eigenvalue weighted by Crippen LogP contribution is -2.23. The van der Waals surface area contributed by atoms with Crippen LogP contribution in [0.25, 0.3) is 0 Å². The van der Waals surface area contributed by atoms with Crippen molar-refractivity contribution in [3.63, 3.8) is 0 Å². The SMILES string of the molecule is COc1ccccc1C(=O)OCc1csc(N(C(C)=O)c2cccc(C(F)(F)F)c2)n1. The molecule has 10 heteroatoms. The first kappa shape index (κ1) is 22.3. The quantitative estimate of drug-likeness (QED) is 0.482. The molecule has 0 N–H and O–H groups in total. The van der Waals surface area contributed by atoms with E-state index >= 15 is 0 Å². The van der Waals surface area contributed by atoms with Gasteiger partial charge >= 0.3 is 12.1 Å². The first-order chi connectivity index (χ1) is 14.7. The average molecular weight is 450 g/mol. The minimum atomic E-state index is -4.54. The molecule has 1 amide bonds. The fraction of sp³-hybridized carbons (Fsp3) is 0.190. The highest BCUT2D eigenvalue weighted by atomic mass is 32.1. The van der Waals surface area contributed by atoms with Crippen LogP contribution in [0.5, 0.6) is 5.75 Å². The van der Waals surface area contributed by atoms with Crippen LogP contribution >= 0.6 is 11.3 Å². The van der Waals surface area contributed by atoms with Gasteiger partial charge in [-0.1, -0.05) is 18.2 Å². The van der Waals surface area contributed by atoms with Crippen LogP contribution < -0.4 is 9.64 Å². The van der Waals surface area contributed by atoms with Crippen molar-refractivity contribution in [1.29, 1.82) is 0 Å². The number of anilines is 2. The average Bonchev–Trinajstić information content (AvgIpc) is 3.19. The molecule has 0 bridgehead atoms. The summed E-state index contributed by atoms with van der Waals surface area (Å²) in [6.07, 6.45) is -4.54. The number of halogens is 3. The Hall–Kier alpha value is -3.40. The molecule has 0 aliphatic carbocycles. The number of para-hydroxylation sites is 1. The van der Waals surface area contributed by atoms with Gasteiger partial charge in [0.15, 0.2) is 5.13 Å². The molecule has 1 aromatic heterocycles. The van der Waals surface area contributed by atoms with Gasteiger partial charge in [0.05, 0.1) is 24.1 Å². The van der Waals surface area contributed by atoms with Crippen LogP contribution in [-0.2, 0) is 22.3 Å². The Morgan fingerprint density at radius 1 is 1.13 bits per heavy atom. The van der Waals surface area contributed by atoms with Crippen molar-refractivity contribution in [1.82, 2.24) is 4.98 Å². The number of carbonyl (C=O) groups is 2. The van der Waals surface area contributed by atoms with E-state index in [1.807, 2.05) is 0 Å². The highest BCUT2D eigenvalue weighted by Gasteiger charge is 2.31. The number of ether oxygens (including phenoxy) is 2. The standard InChI is InChI=1S/C21H17F3N2O4S/c1-13(27)26(16-7-5-6-14(10-16)21(22,23)24)20-25-15(12-31-20)11-30-19(28)17-8-3-4-9-18(17)29-2/h3-10,12H,11H2,1-2H3. The summed E-state index contributed by atoms with van der Waals surface area (Å²) < 4.78 is 49.5. The molecule has 0 spiro atoms. The zero-order valence-corrected chi connectivity index (χ0v) is 17.3. The fourth-order valence-electron chi connectivity index (χ4n) is 2.74. The van der Waals surface area contributed by atoms with Gasteiger partial charge < -0.3 is 9.47 Å². The lowest BCUT2D eigenvalue weighted by molar-refractivity contribution is -0.137. The first-order valence-electron chi connectivity index (χ1n) is 8.93. The van der Waals surface area contributed by atoms with Crippen LogP contribution in [0.4, 0.5) is 24.0 Å². The van der Waals surface area contributed by atoms with Crippen LogP contribution in [0.15, 0.2) is 53.9 Å². The number of carbonyl (C=O) groups excluding carboxylic acids is 2. The molecule has 3 rings (SSSR count). The summed E-state index contributed by atoms with van der Waals surface area (Å²) >= 11 is 1.05. The molecule has 0 unspecified atom stereocenters. The van der Waals surface area contributed by atoms with Crippen LogP contribution in [-0.4, -0.2) is 24.0 Å². The van der Waals surface area contributed by atoms with Crippen molar-refractivity contribution < 1.29 is 32.2 Å². The summed E-state index contributed by atoms with van der Waals surface area (Å²) in [6.45, 7) is 1.05. The van der Waals surface area contributed by atoms with Crippen molar-refractivity contribution >= 4 is 34.0 Å². The van der Waals surface area contributed by atoms with Gasteiger partial charge in [-0.05, 0) is 30.3 Å². The van der Waals surface area contributed by atoms with Crippen LogP contribution in [0, 0.1) is 0 Å². The molecule has 0 aliphatic rings. The number of amides is 1. The molecule has 0 atom stereocenters. The maximum Gasteiger partial charge on any atom is 0.416 e. The number of aromatic nitrogens is 1. The molecule has 3 aromatic rings. The van der Waals surface area contributed by atoms with Gasteiger partial charge in [-0.3, -0.25) is 9.69 Å². The number of esters is 1. The molecule has 2 aromatic carbocycles. The summed E-state index contributed by atoms with van der Waals surface area (Å²) in [6, 6.07) is 11.0. The van der Waals surface area contributed by atoms with E-state index in [4.69, 9.17) is 9.47 Å². The maximum atomic E-state index is 13.0. The Balaban J connectivity index is 1.78. The van der Waals surface area contributed by atoms with Crippen molar-refractivity contribution in [2.24, 2.45) is 0 Å². The third-order valence-corrected chi connectivity index (χ3v) is 5.03. The Kier molecular flexibility index (Phi) is 6.59. The van der Waals surface area contributed by atoms with Gasteiger partial charge in [-0.15, -0.1) is 11.3 Å². The van der Waals surface area contributed by atoms with Crippen molar-refractivity contribution in [2.45, 2.75) is 19.7 Å². The van der Waals surface area contributed by atoms with E-state index in [2.05, 4.69) is 4.98 Å². The van der Waals surface area contributed by atoms with E-state index in [-0.39, 0.29) is 23.0 Å². The fourth-order valence-corrected chi connectivity index (χ4v) is 3.62. The van der Waals surface area contributed by atoms with Crippen molar-refractivity contribution in [2.75, 3.05) is 12.0 Å². The Labute approximate surface area is 179 Å². The molecule has 31 heavy (non-hydrogen) atoms. The zero-order chi connectivity index (χ0) is 22.6. The van der Waals surface area contributed by atoms with Crippen LogP contribution in [0.1, 0.15) is 28.5 Å². The van der Waals surface area contributed by atoms with Gasteiger partial charge in [-0.2, -0.15) is 13.2 Å². The molecule has 0 aliphatic heterocycles. The highest BCUT2D eigenvalue weighted by Crippen LogP contribution is 2.35. The monoisotopic (exact) mass is 450 g/mol. The van der Waals surface area contributed by atoms with E-state index in [0.717, 1.165) is 28.4 Å². The number of benzene rings is 2. The second kappa shape index (κ2) is 9.17. The second-order valence-electron chi connectivity index (χ2n) is 6.30. The van der Waals surface area contributed by atoms with Crippen molar-refractivity contribution in [3.8, 4) is 5.75 Å². The number of hydrogen-bond donors (Lipinski definition) is 0. The van der Waals surface area contributed by atoms with E-state index in [9.17, 15) is 22.8 Å². The normalized spacial score (nSPS) is 11.1. The third-order valence-electron chi connectivity index (χ3n) is 4.16. The topological polar surface area (TPSA) is 68.7 Å². The van der Waals surface area contributed by atoms with Crippen molar-refractivity contribution in [3.05, 3.63) is 70.7 Å². The minimum Gasteiger partial charge on any atom is -0.496 e. The maximum absolute atomic E-state index is 13.0. The van der Waals surface area contributed by atoms with E-state index in [1.165, 1.54) is 26.2 Å². The molecular formula is C21H17F3N2O4S. The first-order valence-corrected chi connectivity index (χ1v) is 9.81. The molecule has 0 fully saturated rings. The number of hydrogen-bond acceptors (Lipinski definition) is 6. The Morgan fingerprint density at radius 3 is 2.55 bits per heavy atom. The lowest BCUT2D eigenvalue weighted by atomic mass is 10.2. The number of rotatable bonds is 6. The summed E-state index contributed by atoms with van der Waals surface area (Å²) in [5.74, 6) is -0.765. The molecular weight excluding hydrogens is 433 g/mol. The van der Waals surface area contributed by atoms with E-state index in [1.54, 1.807) is 29.6 Å². The molecule has 0 saturated carbocycles. The number of alkyl halides is 3. The van der Waals surface area contributed by atoms with Crippen LogP contribution in [0.3, 0.4) is 0 Å². The van der Waals surface area contributed by atoms with E-state index in [0.29, 0.717) is 11.4 Å². The Morgan fingerprint density at radius 2 is 1.87 bits per heavy atom. The predicted molar refractivity (Wildman–Crippen MR) is 108 cm³/mol. The minimum absolute atomic E-state index is 0.0363. The van der Waals surface area contributed by atoms with Gasteiger partial charge in [0.2, 0.25) is 5.91 Å². The molecule has 162 valence electrons. The summed E-state index contributed by atoms with van der Waals surface area (Å²) in [4.78, 5) is 29.8. The smallest absolute Gasteiger partial charge is 0.416 e. The summed E-state index contributed by atoms with van der Waals surface area (Å²) in [7, 11) is 1.43. The summed E-state index contributed by atoms with van der Waals surface area (Å²) in [5, 5.41) is 1.73. The number of methoxy groups -OCH3 is 1. The zero-order valence-electron chi connectivity index (χ0n) is 16.5. The van der Waals surface area contributed by atoms with E-state index < -0.39 is 23.6 Å². The molecule has 1 heterocycles. The Bertz CT molecular complexity index is 1100. The largest absolute Gasteiger partial charge is 0.496 e. The predicted octanol–water partition coefficient (Wildman–Crippen LogP) is 5.21.